The van der Waals surface area contributed by atoms with Crippen molar-refractivity contribution in [3.63, 3.8) is 0 Å². The van der Waals surface area contributed by atoms with Gasteiger partial charge in [0, 0.05) is 19.5 Å². The van der Waals surface area contributed by atoms with Gasteiger partial charge in [0.2, 0.25) is 5.91 Å². The minimum Gasteiger partial charge on any atom is -0.352 e. The molecule has 0 radical (unpaired) electrons. The highest BCUT2D eigenvalue weighted by molar-refractivity contribution is 7.92. The number of aryl methyl sites for hydroxylation is 1. The second kappa shape index (κ2) is 9.39. The summed E-state index contributed by atoms with van der Waals surface area (Å²) in [6.45, 7) is 2.37. The fourth-order valence-corrected chi connectivity index (χ4v) is 4.37. The Kier molecular flexibility index (Phi) is 6.67. The van der Waals surface area contributed by atoms with Crippen molar-refractivity contribution in [2.45, 2.75) is 24.8 Å². The molecular weight excluding hydrogens is 384 g/mol. The Hall–Kier alpha value is -3.12. The normalized spacial score (nSPS) is 11.1. The monoisotopic (exact) mass is 408 g/mol. The smallest absolute Gasteiger partial charge is 0.264 e. The maximum atomic E-state index is 13.2. The molecule has 0 aliphatic heterocycles. The fraction of sp³-hybridized carbons (Fsp3) is 0.174. The second-order valence-corrected chi connectivity index (χ2v) is 8.60. The first kappa shape index (κ1) is 20.6. The highest BCUT2D eigenvalue weighted by Crippen LogP contribution is 2.24. The Morgan fingerprint density at radius 2 is 1.45 bits per heavy atom. The lowest BCUT2D eigenvalue weighted by atomic mass is 10.2. The number of nitrogens with zero attached hydrogens (tertiary/aromatic N) is 1. The average Bonchev–Trinajstić information content (AvgIpc) is 2.74. The lowest BCUT2D eigenvalue weighted by Gasteiger charge is -2.24. The van der Waals surface area contributed by atoms with Crippen LogP contribution in [0.4, 0.5) is 5.69 Å². The molecule has 5 nitrogen and oxygen atoms in total. The highest BCUT2D eigenvalue weighted by Gasteiger charge is 2.25. The zero-order valence-corrected chi connectivity index (χ0v) is 17.1. The van der Waals surface area contributed by atoms with Gasteiger partial charge in [-0.1, -0.05) is 66.2 Å². The molecule has 0 saturated heterocycles. The molecule has 3 aromatic carbocycles. The summed E-state index contributed by atoms with van der Waals surface area (Å²) in [6, 6.07) is 25.2. The van der Waals surface area contributed by atoms with Crippen molar-refractivity contribution in [2.24, 2.45) is 0 Å². The molecule has 0 bridgehead atoms. The SMILES string of the molecule is Cc1ccc(S(=O)(=O)N(CCC(=O)NCc2ccccc2)c2ccccc2)cc1. The molecule has 0 fully saturated rings. The molecule has 0 aromatic heterocycles. The van der Waals surface area contributed by atoms with E-state index < -0.39 is 10.0 Å². The van der Waals surface area contributed by atoms with Gasteiger partial charge in [-0.3, -0.25) is 9.10 Å². The molecule has 0 aliphatic rings. The third kappa shape index (κ3) is 5.45. The van der Waals surface area contributed by atoms with Gasteiger partial charge in [0.15, 0.2) is 0 Å². The zero-order chi connectivity index (χ0) is 20.7. The van der Waals surface area contributed by atoms with E-state index in [1.54, 1.807) is 48.5 Å². The van der Waals surface area contributed by atoms with Crippen molar-refractivity contribution in [1.29, 1.82) is 0 Å². The van der Waals surface area contributed by atoms with E-state index >= 15 is 0 Å². The average molecular weight is 409 g/mol. The molecule has 1 N–H and O–H groups in total. The number of rotatable bonds is 8. The number of carbonyl (C=O) groups is 1. The van der Waals surface area contributed by atoms with Crippen molar-refractivity contribution < 1.29 is 13.2 Å². The van der Waals surface area contributed by atoms with Crippen LogP contribution in [-0.2, 0) is 21.4 Å². The molecule has 0 heterocycles. The molecule has 0 spiro atoms. The number of sulfonamides is 1. The van der Waals surface area contributed by atoms with Gasteiger partial charge in [0.25, 0.3) is 10.0 Å². The van der Waals surface area contributed by atoms with Crippen LogP contribution in [0.5, 0.6) is 0 Å². The zero-order valence-electron chi connectivity index (χ0n) is 16.3. The van der Waals surface area contributed by atoms with Crippen LogP contribution in [0, 0.1) is 6.92 Å². The molecule has 150 valence electrons. The third-order valence-corrected chi connectivity index (χ3v) is 6.37. The molecule has 1 amide bonds. The van der Waals surface area contributed by atoms with Gasteiger partial charge in [-0.2, -0.15) is 0 Å². The van der Waals surface area contributed by atoms with Gasteiger partial charge in [0.05, 0.1) is 10.6 Å². The van der Waals surface area contributed by atoms with E-state index in [4.69, 9.17) is 0 Å². The van der Waals surface area contributed by atoms with E-state index in [2.05, 4.69) is 5.32 Å². The van der Waals surface area contributed by atoms with E-state index in [0.717, 1.165) is 11.1 Å². The number of hydrogen-bond donors (Lipinski definition) is 1. The lowest BCUT2D eigenvalue weighted by molar-refractivity contribution is -0.121. The van der Waals surface area contributed by atoms with Gasteiger partial charge in [-0.25, -0.2) is 8.42 Å². The maximum absolute atomic E-state index is 13.2. The summed E-state index contributed by atoms with van der Waals surface area (Å²) in [5, 5.41) is 2.84. The maximum Gasteiger partial charge on any atom is 0.264 e. The van der Waals surface area contributed by atoms with Crippen molar-refractivity contribution in [2.75, 3.05) is 10.8 Å². The molecule has 3 aromatic rings. The third-order valence-electron chi connectivity index (χ3n) is 4.53. The summed E-state index contributed by atoms with van der Waals surface area (Å²) in [4.78, 5) is 12.5. The number of hydrogen-bond acceptors (Lipinski definition) is 3. The van der Waals surface area contributed by atoms with E-state index in [1.165, 1.54) is 4.31 Å². The first-order chi connectivity index (χ1) is 14.0. The summed E-state index contributed by atoms with van der Waals surface area (Å²) in [5.41, 5.74) is 2.51. The van der Waals surface area contributed by atoms with E-state index in [9.17, 15) is 13.2 Å². The van der Waals surface area contributed by atoms with Crippen molar-refractivity contribution in [1.82, 2.24) is 5.32 Å². The summed E-state index contributed by atoms with van der Waals surface area (Å²) in [7, 11) is -3.78. The number of benzene rings is 3. The highest BCUT2D eigenvalue weighted by atomic mass is 32.2. The number of amides is 1. The van der Waals surface area contributed by atoms with E-state index in [-0.39, 0.29) is 23.8 Å². The van der Waals surface area contributed by atoms with Crippen LogP contribution in [0.2, 0.25) is 0 Å². The Morgan fingerprint density at radius 1 is 0.862 bits per heavy atom. The molecule has 3 rings (SSSR count). The molecule has 0 unspecified atom stereocenters. The first-order valence-electron chi connectivity index (χ1n) is 9.42. The Labute approximate surface area is 172 Å². The van der Waals surface area contributed by atoms with Crippen molar-refractivity contribution >= 4 is 21.6 Å². The van der Waals surface area contributed by atoms with Gasteiger partial charge in [0.1, 0.15) is 0 Å². The Bertz CT molecular complexity index is 1030. The molecule has 0 saturated carbocycles. The van der Waals surface area contributed by atoms with Crippen molar-refractivity contribution in [3.8, 4) is 0 Å². The first-order valence-corrected chi connectivity index (χ1v) is 10.9. The van der Waals surface area contributed by atoms with Crippen LogP contribution in [0.3, 0.4) is 0 Å². The van der Waals surface area contributed by atoms with E-state index in [1.807, 2.05) is 43.3 Å². The van der Waals surface area contributed by atoms with Gasteiger partial charge in [-0.05, 0) is 36.8 Å². The van der Waals surface area contributed by atoms with E-state index in [0.29, 0.717) is 12.2 Å². The molecule has 6 heteroatoms. The Balaban J connectivity index is 1.74. The molecule has 29 heavy (non-hydrogen) atoms. The van der Waals surface area contributed by atoms with Gasteiger partial charge < -0.3 is 5.32 Å². The van der Waals surface area contributed by atoms with Gasteiger partial charge in [-0.15, -0.1) is 0 Å². The van der Waals surface area contributed by atoms with Crippen LogP contribution >= 0.6 is 0 Å². The van der Waals surface area contributed by atoms with Crippen LogP contribution in [0.15, 0.2) is 89.8 Å². The predicted octanol–water partition coefficient (Wildman–Crippen LogP) is 3.90. The van der Waals surface area contributed by atoms with Crippen LogP contribution in [-0.4, -0.2) is 20.9 Å². The largest absolute Gasteiger partial charge is 0.352 e. The van der Waals surface area contributed by atoms with Gasteiger partial charge >= 0.3 is 0 Å². The molecular formula is C23H24N2O3S. The number of carbonyl (C=O) groups excluding carboxylic acids is 1. The summed E-state index contributed by atoms with van der Waals surface area (Å²) in [6.07, 6.45) is 0.0623. The minimum absolute atomic E-state index is 0.0564. The summed E-state index contributed by atoms with van der Waals surface area (Å²) < 4.78 is 27.8. The number of anilines is 1. The van der Waals surface area contributed by atoms with Crippen LogP contribution in [0.1, 0.15) is 17.5 Å². The lowest BCUT2D eigenvalue weighted by Crippen LogP contribution is -2.35. The Morgan fingerprint density at radius 3 is 2.07 bits per heavy atom. The standard InChI is InChI=1S/C23H24N2O3S/c1-19-12-14-22(15-13-19)29(27,28)25(21-10-6-3-7-11-21)17-16-23(26)24-18-20-8-4-2-5-9-20/h2-15H,16-18H2,1H3,(H,24,26). The summed E-state index contributed by atoms with van der Waals surface area (Å²) >= 11 is 0. The second-order valence-electron chi connectivity index (χ2n) is 6.74. The molecule has 0 aliphatic carbocycles. The van der Waals surface area contributed by atoms with Crippen molar-refractivity contribution in [3.05, 3.63) is 96.1 Å². The van der Waals surface area contributed by atoms with Crippen LogP contribution < -0.4 is 9.62 Å². The quantitative estimate of drug-likeness (QED) is 0.615. The minimum atomic E-state index is -3.78. The van der Waals surface area contributed by atoms with Crippen LogP contribution in [0.25, 0.3) is 0 Å². The number of para-hydroxylation sites is 1. The fourth-order valence-electron chi connectivity index (χ4n) is 2.91. The topological polar surface area (TPSA) is 66.5 Å². The predicted molar refractivity (Wildman–Crippen MR) is 115 cm³/mol. The summed E-state index contributed by atoms with van der Waals surface area (Å²) in [5.74, 6) is -0.200. The molecule has 0 atom stereocenters. The number of nitrogens with one attached hydrogen (secondary N) is 1.